The molecule has 2 heteroatoms. The molecule has 1 aromatic carbocycles. The van der Waals surface area contributed by atoms with Gasteiger partial charge in [-0.15, -0.1) is 0 Å². The van der Waals surface area contributed by atoms with Gasteiger partial charge in [-0.25, -0.2) is 0 Å². The molecule has 0 N–H and O–H groups in total. The fourth-order valence-electron chi connectivity index (χ4n) is 2.54. The van der Waals surface area contributed by atoms with E-state index < -0.39 is 0 Å². The molecule has 1 aliphatic rings. The van der Waals surface area contributed by atoms with Crippen LogP contribution in [-0.4, -0.2) is 18.9 Å². The predicted molar refractivity (Wildman–Crippen MR) is 71.7 cm³/mol. The van der Waals surface area contributed by atoms with Crippen molar-refractivity contribution in [1.82, 2.24) is 0 Å². The molecule has 0 aromatic heterocycles. The van der Waals surface area contributed by atoms with Gasteiger partial charge in [0.2, 0.25) is 0 Å². The summed E-state index contributed by atoms with van der Waals surface area (Å²) < 4.78 is 0. The summed E-state index contributed by atoms with van der Waals surface area (Å²) >= 11 is 0. The summed E-state index contributed by atoms with van der Waals surface area (Å²) in [5.41, 5.74) is 2.06. The third kappa shape index (κ3) is 2.87. The van der Waals surface area contributed by atoms with E-state index >= 15 is 0 Å². The first-order valence-corrected chi connectivity index (χ1v) is 6.56. The van der Waals surface area contributed by atoms with Crippen molar-refractivity contribution in [1.29, 1.82) is 0 Å². The number of ketones is 1. The molecule has 1 heterocycles. The Labute approximate surface area is 104 Å². The van der Waals surface area contributed by atoms with Crippen molar-refractivity contribution < 1.29 is 4.79 Å². The number of hydrogen-bond acceptors (Lipinski definition) is 2. The zero-order valence-electron chi connectivity index (χ0n) is 10.8. The number of rotatable bonds is 3. The minimum absolute atomic E-state index is 0.140. The summed E-state index contributed by atoms with van der Waals surface area (Å²) in [5.74, 6) is 0.970. The molecule has 1 saturated heterocycles. The van der Waals surface area contributed by atoms with Gasteiger partial charge in [-0.2, -0.15) is 0 Å². The quantitative estimate of drug-likeness (QED) is 0.742. The highest BCUT2D eigenvalue weighted by atomic mass is 16.1. The summed E-state index contributed by atoms with van der Waals surface area (Å²) in [4.78, 5) is 13.7. The number of anilines is 1. The lowest BCUT2D eigenvalue weighted by Gasteiger charge is -2.34. The molecule has 2 nitrogen and oxygen atoms in total. The van der Waals surface area contributed by atoms with Crippen molar-refractivity contribution in [3.8, 4) is 0 Å². The lowest BCUT2D eigenvalue weighted by molar-refractivity contribution is 0.101. The average Bonchev–Trinajstić information content (AvgIpc) is 2.39. The topological polar surface area (TPSA) is 20.3 Å². The smallest absolute Gasteiger partial charge is 0.159 e. The fraction of sp³-hybridized carbons (Fsp3) is 0.533. The summed E-state index contributed by atoms with van der Waals surface area (Å²) in [6.45, 7) is 6.20. The van der Waals surface area contributed by atoms with Crippen molar-refractivity contribution in [2.24, 2.45) is 5.92 Å². The van der Waals surface area contributed by atoms with Gasteiger partial charge in [0, 0.05) is 24.3 Å². The minimum atomic E-state index is 0.140. The third-order valence-corrected chi connectivity index (χ3v) is 3.74. The fourth-order valence-corrected chi connectivity index (χ4v) is 2.54. The standard InChI is InChI=1S/C15H21NO/c1-3-13-5-4-10-16(11-13)15-8-6-14(7-9-15)12(2)17/h6-9,13H,3-5,10-11H2,1-2H3. The summed E-state index contributed by atoms with van der Waals surface area (Å²) in [6, 6.07) is 8.03. The maximum atomic E-state index is 11.2. The Hall–Kier alpha value is -1.31. The van der Waals surface area contributed by atoms with Crippen molar-refractivity contribution in [2.45, 2.75) is 33.1 Å². The Morgan fingerprint density at radius 2 is 2.06 bits per heavy atom. The van der Waals surface area contributed by atoms with Gasteiger partial charge in [-0.05, 0) is 49.9 Å². The van der Waals surface area contributed by atoms with Gasteiger partial charge in [0.15, 0.2) is 5.78 Å². The number of carbonyl (C=O) groups excluding carboxylic acids is 1. The monoisotopic (exact) mass is 231 g/mol. The molecule has 0 amide bonds. The van der Waals surface area contributed by atoms with Crippen LogP contribution in [0, 0.1) is 5.92 Å². The second kappa shape index (κ2) is 5.35. The van der Waals surface area contributed by atoms with Crippen LogP contribution < -0.4 is 4.90 Å². The lowest BCUT2D eigenvalue weighted by atomic mass is 9.95. The molecule has 1 aliphatic heterocycles. The Morgan fingerprint density at radius 3 is 2.65 bits per heavy atom. The summed E-state index contributed by atoms with van der Waals surface area (Å²) in [6.07, 6.45) is 3.91. The van der Waals surface area contributed by atoms with Crippen molar-refractivity contribution in [3.05, 3.63) is 29.8 Å². The zero-order valence-corrected chi connectivity index (χ0v) is 10.8. The van der Waals surface area contributed by atoms with Crippen LogP contribution in [0.1, 0.15) is 43.5 Å². The van der Waals surface area contributed by atoms with Gasteiger partial charge in [-0.1, -0.05) is 13.3 Å². The molecule has 17 heavy (non-hydrogen) atoms. The summed E-state index contributed by atoms with van der Waals surface area (Å²) in [5, 5.41) is 0. The van der Waals surface area contributed by atoms with E-state index in [1.807, 2.05) is 12.1 Å². The SMILES string of the molecule is CCC1CCCN(c2ccc(C(C)=O)cc2)C1. The minimum Gasteiger partial charge on any atom is -0.371 e. The Morgan fingerprint density at radius 1 is 1.35 bits per heavy atom. The van der Waals surface area contributed by atoms with Crippen LogP contribution in [0.3, 0.4) is 0 Å². The highest BCUT2D eigenvalue weighted by Crippen LogP contribution is 2.25. The number of Topliss-reactive ketones (excluding diaryl/α,β-unsaturated/α-hetero) is 1. The Balaban J connectivity index is 2.08. The zero-order chi connectivity index (χ0) is 12.3. The molecule has 1 unspecified atom stereocenters. The van der Waals surface area contributed by atoms with E-state index in [-0.39, 0.29) is 5.78 Å². The number of carbonyl (C=O) groups is 1. The molecule has 0 spiro atoms. The molecule has 92 valence electrons. The largest absolute Gasteiger partial charge is 0.371 e. The maximum absolute atomic E-state index is 11.2. The number of hydrogen-bond donors (Lipinski definition) is 0. The van der Waals surface area contributed by atoms with Gasteiger partial charge < -0.3 is 4.90 Å². The molecule has 0 bridgehead atoms. The van der Waals surface area contributed by atoms with Crippen LogP contribution in [-0.2, 0) is 0 Å². The van der Waals surface area contributed by atoms with E-state index in [2.05, 4.69) is 24.0 Å². The molecular weight excluding hydrogens is 210 g/mol. The summed E-state index contributed by atoms with van der Waals surface area (Å²) in [7, 11) is 0. The first-order valence-electron chi connectivity index (χ1n) is 6.56. The molecule has 1 aromatic rings. The highest BCUT2D eigenvalue weighted by Gasteiger charge is 2.18. The Bertz CT molecular complexity index is 382. The van der Waals surface area contributed by atoms with Crippen LogP contribution >= 0.6 is 0 Å². The van der Waals surface area contributed by atoms with E-state index in [9.17, 15) is 4.79 Å². The first-order chi connectivity index (χ1) is 8.20. The van der Waals surface area contributed by atoms with Crippen LogP contribution in [0.25, 0.3) is 0 Å². The molecule has 2 rings (SSSR count). The number of benzene rings is 1. The average molecular weight is 231 g/mol. The van der Waals surface area contributed by atoms with Gasteiger partial charge in [0.05, 0.1) is 0 Å². The van der Waals surface area contributed by atoms with E-state index in [1.54, 1.807) is 6.92 Å². The second-order valence-corrected chi connectivity index (χ2v) is 4.97. The van der Waals surface area contributed by atoms with Crippen molar-refractivity contribution in [2.75, 3.05) is 18.0 Å². The van der Waals surface area contributed by atoms with Gasteiger partial charge in [0.25, 0.3) is 0 Å². The van der Waals surface area contributed by atoms with E-state index in [1.165, 1.54) is 24.9 Å². The van der Waals surface area contributed by atoms with Crippen molar-refractivity contribution in [3.63, 3.8) is 0 Å². The molecule has 0 radical (unpaired) electrons. The van der Waals surface area contributed by atoms with Gasteiger partial charge >= 0.3 is 0 Å². The molecule has 1 atom stereocenters. The number of nitrogens with zero attached hydrogens (tertiary/aromatic N) is 1. The van der Waals surface area contributed by atoms with E-state index in [4.69, 9.17) is 0 Å². The van der Waals surface area contributed by atoms with Crippen LogP contribution in [0.2, 0.25) is 0 Å². The normalized spacial score (nSPS) is 20.4. The predicted octanol–water partition coefficient (Wildman–Crippen LogP) is 3.52. The molecular formula is C15H21NO. The number of piperidine rings is 1. The van der Waals surface area contributed by atoms with Crippen LogP contribution in [0.5, 0.6) is 0 Å². The van der Waals surface area contributed by atoms with E-state index in [0.717, 1.165) is 24.6 Å². The Kier molecular flexibility index (Phi) is 3.82. The first kappa shape index (κ1) is 12.2. The maximum Gasteiger partial charge on any atom is 0.159 e. The molecule has 0 aliphatic carbocycles. The van der Waals surface area contributed by atoms with Gasteiger partial charge in [0.1, 0.15) is 0 Å². The van der Waals surface area contributed by atoms with Crippen LogP contribution in [0.4, 0.5) is 5.69 Å². The van der Waals surface area contributed by atoms with Gasteiger partial charge in [-0.3, -0.25) is 4.79 Å². The van der Waals surface area contributed by atoms with Crippen LogP contribution in [0.15, 0.2) is 24.3 Å². The van der Waals surface area contributed by atoms with E-state index in [0.29, 0.717) is 0 Å². The third-order valence-electron chi connectivity index (χ3n) is 3.74. The molecule has 0 saturated carbocycles. The second-order valence-electron chi connectivity index (χ2n) is 4.97. The molecule has 1 fully saturated rings. The van der Waals surface area contributed by atoms with Crippen molar-refractivity contribution >= 4 is 11.5 Å². The highest BCUT2D eigenvalue weighted by molar-refractivity contribution is 5.94. The lowest BCUT2D eigenvalue weighted by Crippen LogP contribution is -2.35.